The number of hydrogen-bond donors (Lipinski definition) is 2. The van der Waals surface area contributed by atoms with Gasteiger partial charge in [-0.1, -0.05) is 6.07 Å². The number of ether oxygens (including phenoxy) is 1. The topological polar surface area (TPSA) is 67.6 Å². The van der Waals surface area contributed by atoms with Crippen molar-refractivity contribution in [3.63, 3.8) is 0 Å². The largest absolute Gasteiger partial charge is 0.399 e. The van der Waals surface area contributed by atoms with Gasteiger partial charge in [-0.3, -0.25) is 4.90 Å². The summed E-state index contributed by atoms with van der Waals surface area (Å²) in [5.74, 6) is 0. The van der Waals surface area contributed by atoms with Crippen LogP contribution in [0.15, 0.2) is 24.3 Å². The fraction of sp³-hybridized carbons (Fsp3) is 0.462. The molecular weight excluding hydrogens is 230 g/mol. The van der Waals surface area contributed by atoms with Gasteiger partial charge in [0.05, 0.1) is 12.6 Å². The number of anilines is 2. The molecule has 0 aliphatic carbocycles. The number of carbonyl (C=O) groups is 1. The van der Waals surface area contributed by atoms with E-state index in [0.717, 1.165) is 18.7 Å². The maximum absolute atomic E-state index is 12.2. The number of carbonyl (C=O) groups excluding carboxylic acids is 1. The average molecular weight is 249 g/mol. The first-order valence-electron chi connectivity index (χ1n) is 6.22. The number of nitrogens with zero attached hydrogens (tertiary/aromatic N) is 1. The molecule has 1 fully saturated rings. The second-order valence-electron chi connectivity index (χ2n) is 4.35. The summed E-state index contributed by atoms with van der Waals surface area (Å²) in [6, 6.07) is 7.35. The quantitative estimate of drug-likeness (QED) is 0.799. The van der Waals surface area contributed by atoms with Crippen LogP contribution in [0.3, 0.4) is 0 Å². The number of nitrogens with one attached hydrogen (secondary N) is 1. The van der Waals surface area contributed by atoms with Gasteiger partial charge in [-0.2, -0.15) is 0 Å². The van der Waals surface area contributed by atoms with E-state index in [0.29, 0.717) is 18.8 Å². The molecule has 0 radical (unpaired) electrons. The number of urea groups is 1. The van der Waals surface area contributed by atoms with Crippen LogP contribution in [0.5, 0.6) is 0 Å². The first-order chi connectivity index (χ1) is 8.70. The van der Waals surface area contributed by atoms with Gasteiger partial charge in [-0.15, -0.1) is 0 Å². The third-order valence-electron chi connectivity index (χ3n) is 3.00. The summed E-state index contributed by atoms with van der Waals surface area (Å²) in [4.78, 5) is 13.8. The molecule has 1 unspecified atom stereocenters. The van der Waals surface area contributed by atoms with Crippen molar-refractivity contribution in [3.8, 4) is 0 Å². The van der Waals surface area contributed by atoms with Crippen LogP contribution in [0.2, 0.25) is 0 Å². The van der Waals surface area contributed by atoms with Crippen molar-refractivity contribution in [2.45, 2.75) is 19.4 Å². The van der Waals surface area contributed by atoms with Gasteiger partial charge in [-0.05, 0) is 31.5 Å². The molecule has 1 aliphatic heterocycles. The number of hydrogen-bond acceptors (Lipinski definition) is 3. The first kappa shape index (κ1) is 12.7. The number of rotatable bonds is 3. The fourth-order valence-corrected chi connectivity index (χ4v) is 2.04. The minimum Gasteiger partial charge on any atom is -0.399 e. The van der Waals surface area contributed by atoms with Crippen LogP contribution in [-0.4, -0.2) is 31.8 Å². The molecule has 0 spiro atoms. The third kappa shape index (κ3) is 2.92. The molecule has 98 valence electrons. The van der Waals surface area contributed by atoms with E-state index in [4.69, 9.17) is 10.5 Å². The molecule has 1 saturated heterocycles. The van der Waals surface area contributed by atoms with Gasteiger partial charge in [0.1, 0.15) is 0 Å². The van der Waals surface area contributed by atoms with Crippen LogP contribution in [-0.2, 0) is 4.74 Å². The molecule has 2 amide bonds. The number of benzene rings is 1. The van der Waals surface area contributed by atoms with Crippen molar-refractivity contribution in [2.75, 3.05) is 30.4 Å². The predicted molar refractivity (Wildman–Crippen MR) is 71.6 cm³/mol. The minimum atomic E-state index is -0.0985. The van der Waals surface area contributed by atoms with Gasteiger partial charge < -0.3 is 15.8 Å². The van der Waals surface area contributed by atoms with E-state index in [1.165, 1.54) is 0 Å². The first-order valence-corrected chi connectivity index (χ1v) is 6.22. The maximum atomic E-state index is 12.2. The van der Waals surface area contributed by atoms with Gasteiger partial charge in [0, 0.05) is 24.5 Å². The Hall–Kier alpha value is -1.75. The second-order valence-corrected chi connectivity index (χ2v) is 4.35. The lowest BCUT2D eigenvalue weighted by molar-refractivity contribution is 0.189. The van der Waals surface area contributed by atoms with Gasteiger partial charge in [0.25, 0.3) is 0 Å². The van der Waals surface area contributed by atoms with Crippen molar-refractivity contribution in [1.82, 2.24) is 5.32 Å². The maximum Gasteiger partial charge on any atom is 0.322 e. The van der Waals surface area contributed by atoms with Gasteiger partial charge >= 0.3 is 6.03 Å². The van der Waals surface area contributed by atoms with Crippen LogP contribution in [0.4, 0.5) is 16.2 Å². The number of nitrogens with two attached hydrogens (primary N) is 1. The summed E-state index contributed by atoms with van der Waals surface area (Å²) in [5.41, 5.74) is 7.21. The van der Waals surface area contributed by atoms with Crippen LogP contribution in [0.1, 0.15) is 13.3 Å². The normalized spacial score (nSPS) is 18.6. The monoisotopic (exact) mass is 249 g/mol. The van der Waals surface area contributed by atoms with Gasteiger partial charge in [0.2, 0.25) is 0 Å². The molecule has 3 N–H and O–H groups in total. The zero-order valence-corrected chi connectivity index (χ0v) is 10.6. The Morgan fingerprint density at radius 2 is 2.44 bits per heavy atom. The van der Waals surface area contributed by atoms with E-state index >= 15 is 0 Å². The fourth-order valence-electron chi connectivity index (χ4n) is 2.04. The molecule has 0 saturated carbocycles. The summed E-state index contributed by atoms with van der Waals surface area (Å²) in [6.45, 7) is 3.85. The summed E-state index contributed by atoms with van der Waals surface area (Å²) < 4.78 is 5.24. The molecule has 1 atom stereocenters. The third-order valence-corrected chi connectivity index (χ3v) is 3.00. The van der Waals surface area contributed by atoms with E-state index in [-0.39, 0.29) is 12.1 Å². The molecule has 2 rings (SSSR count). The highest BCUT2D eigenvalue weighted by atomic mass is 16.5. The lowest BCUT2D eigenvalue weighted by atomic mass is 10.2. The van der Waals surface area contributed by atoms with E-state index in [9.17, 15) is 4.79 Å². The second kappa shape index (κ2) is 5.73. The van der Waals surface area contributed by atoms with E-state index < -0.39 is 0 Å². The summed E-state index contributed by atoms with van der Waals surface area (Å²) in [5, 5.41) is 2.97. The lowest BCUT2D eigenvalue weighted by Crippen LogP contribution is -2.45. The zero-order valence-electron chi connectivity index (χ0n) is 10.6. The molecule has 0 bridgehead atoms. The molecule has 1 aromatic carbocycles. The predicted octanol–water partition coefficient (Wildman–Crippen LogP) is 1.59. The van der Waals surface area contributed by atoms with Crippen LogP contribution in [0, 0.1) is 0 Å². The summed E-state index contributed by atoms with van der Waals surface area (Å²) in [7, 11) is 0. The molecule has 1 aromatic rings. The van der Waals surface area contributed by atoms with Crippen LogP contribution >= 0.6 is 0 Å². The molecular formula is C13H19N3O2. The Bertz CT molecular complexity index is 416. The van der Waals surface area contributed by atoms with Crippen molar-refractivity contribution in [1.29, 1.82) is 0 Å². The van der Waals surface area contributed by atoms with E-state index in [1.54, 1.807) is 17.0 Å². The van der Waals surface area contributed by atoms with Crippen molar-refractivity contribution >= 4 is 17.4 Å². The summed E-state index contributed by atoms with van der Waals surface area (Å²) in [6.07, 6.45) is 0.875. The standard InChI is InChI=1S/C13H19N3O2/c1-2-16(12-5-3-4-10(14)8-12)13(17)15-11-6-7-18-9-11/h3-5,8,11H,2,6-7,9,14H2,1H3,(H,15,17). The SMILES string of the molecule is CCN(C(=O)NC1CCOC1)c1cccc(N)c1. The lowest BCUT2D eigenvalue weighted by Gasteiger charge is -2.23. The number of amides is 2. The molecule has 5 nitrogen and oxygen atoms in total. The van der Waals surface area contributed by atoms with Crippen molar-refractivity contribution in [3.05, 3.63) is 24.3 Å². The van der Waals surface area contributed by atoms with Gasteiger partial charge in [0.15, 0.2) is 0 Å². The van der Waals surface area contributed by atoms with Crippen molar-refractivity contribution in [2.24, 2.45) is 0 Å². The Morgan fingerprint density at radius 3 is 3.06 bits per heavy atom. The Balaban J connectivity index is 2.05. The van der Waals surface area contributed by atoms with E-state index in [1.807, 2.05) is 19.1 Å². The minimum absolute atomic E-state index is 0.0985. The smallest absolute Gasteiger partial charge is 0.322 e. The van der Waals surface area contributed by atoms with Crippen LogP contribution in [0.25, 0.3) is 0 Å². The highest BCUT2D eigenvalue weighted by Gasteiger charge is 2.21. The molecule has 5 heteroatoms. The summed E-state index contributed by atoms with van der Waals surface area (Å²) >= 11 is 0. The molecule has 1 heterocycles. The molecule has 18 heavy (non-hydrogen) atoms. The van der Waals surface area contributed by atoms with Gasteiger partial charge in [-0.25, -0.2) is 4.79 Å². The van der Waals surface area contributed by atoms with E-state index in [2.05, 4.69) is 5.32 Å². The molecule has 1 aliphatic rings. The average Bonchev–Trinajstić information content (AvgIpc) is 2.83. The Morgan fingerprint density at radius 1 is 1.61 bits per heavy atom. The Labute approximate surface area is 107 Å². The highest BCUT2D eigenvalue weighted by molar-refractivity contribution is 5.92. The highest BCUT2D eigenvalue weighted by Crippen LogP contribution is 2.17. The molecule has 0 aromatic heterocycles. The zero-order chi connectivity index (χ0) is 13.0. The Kier molecular flexibility index (Phi) is 4.04. The van der Waals surface area contributed by atoms with Crippen molar-refractivity contribution < 1.29 is 9.53 Å². The van der Waals surface area contributed by atoms with Crippen LogP contribution < -0.4 is 16.0 Å². The number of nitrogen functional groups attached to an aromatic ring is 1.